The first-order chi connectivity index (χ1) is 21.0. The highest BCUT2D eigenvalue weighted by atomic mass is 32.2. The van der Waals surface area contributed by atoms with Crippen LogP contribution in [0.15, 0.2) is 83.8 Å². The molecule has 3 aromatic carbocycles. The van der Waals surface area contributed by atoms with E-state index in [1.54, 1.807) is 41.1 Å². The maximum atomic E-state index is 13.3. The third-order valence-electron chi connectivity index (χ3n) is 7.14. The number of hydrogen-bond donors (Lipinski definition) is 3. The number of aliphatic carboxylic acids is 1. The molecule has 0 fully saturated rings. The normalized spacial score (nSPS) is 12.0. The minimum atomic E-state index is -4.03. The van der Waals surface area contributed by atoms with Crippen molar-refractivity contribution in [2.45, 2.75) is 63.9 Å². The van der Waals surface area contributed by atoms with Crippen LogP contribution in [0, 0.1) is 6.92 Å². The van der Waals surface area contributed by atoms with Crippen LogP contribution < -0.4 is 10.0 Å². The van der Waals surface area contributed by atoms with Crippen molar-refractivity contribution in [2.75, 3.05) is 0 Å². The van der Waals surface area contributed by atoms with E-state index in [-0.39, 0.29) is 17.0 Å². The number of carboxylic acids is 1. The molecule has 3 N–H and O–H groups in total. The van der Waals surface area contributed by atoms with Crippen LogP contribution in [0.3, 0.4) is 0 Å². The van der Waals surface area contributed by atoms with Crippen molar-refractivity contribution in [3.05, 3.63) is 107 Å². The lowest BCUT2D eigenvalue weighted by atomic mass is 9.99. The van der Waals surface area contributed by atoms with E-state index in [2.05, 4.69) is 10.4 Å². The van der Waals surface area contributed by atoms with Crippen molar-refractivity contribution >= 4 is 27.8 Å². The molecule has 4 rings (SSSR count). The van der Waals surface area contributed by atoms with Crippen LogP contribution in [0.25, 0.3) is 11.1 Å². The topological polar surface area (TPSA) is 147 Å². The summed E-state index contributed by atoms with van der Waals surface area (Å²) in [7, 11) is -4.03. The quantitative estimate of drug-likeness (QED) is 0.200. The van der Waals surface area contributed by atoms with E-state index in [4.69, 9.17) is 0 Å². The average molecular weight is 617 g/mol. The number of aryl methyl sites for hydroxylation is 2. The largest absolute Gasteiger partial charge is 0.481 e. The number of nitrogens with zero attached hydrogens (tertiary/aromatic N) is 2. The minimum Gasteiger partial charge on any atom is -0.481 e. The molecule has 44 heavy (non-hydrogen) atoms. The SMILES string of the molecule is CCCc1cc(C(=O)NC(CC(=O)O)Cc2ccccc2C)nn1Cc1ccc(-c2ccccc2S(=O)(=O)NC(C)=O)cc1. The van der Waals surface area contributed by atoms with E-state index in [0.29, 0.717) is 30.5 Å². The highest BCUT2D eigenvalue weighted by molar-refractivity contribution is 7.90. The van der Waals surface area contributed by atoms with Crippen LogP contribution in [-0.2, 0) is 39.0 Å². The van der Waals surface area contributed by atoms with Crippen LogP contribution in [0.5, 0.6) is 0 Å². The molecule has 0 bridgehead atoms. The molecule has 1 atom stereocenters. The number of benzene rings is 3. The lowest BCUT2D eigenvalue weighted by Crippen LogP contribution is -2.38. The Morgan fingerprint density at radius 2 is 1.66 bits per heavy atom. The number of carbonyl (C=O) groups is 3. The highest BCUT2D eigenvalue weighted by Crippen LogP contribution is 2.28. The summed E-state index contributed by atoms with van der Waals surface area (Å²) in [5, 5.41) is 16.9. The van der Waals surface area contributed by atoms with Crippen molar-refractivity contribution in [3.63, 3.8) is 0 Å². The predicted octanol–water partition coefficient (Wildman–Crippen LogP) is 4.50. The van der Waals surface area contributed by atoms with Gasteiger partial charge in [0.15, 0.2) is 0 Å². The molecule has 4 aromatic rings. The molecule has 230 valence electrons. The van der Waals surface area contributed by atoms with Gasteiger partial charge in [-0.1, -0.05) is 80.1 Å². The fourth-order valence-electron chi connectivity index (χ4n) is 5.06. The van der Waals surface area contributed by atoms with Crippen LogP contribution >= 0.6 is 0 Å². The Morgan fingerprint density at radius 1 is 0.977 bits per heavy atom. The third kappa shape index (κ3) is 8.19. The second-order valence-electron chi connectivity index (χ2n) is 10.7. The second-order valence-corrected chi connectivity index (χ2v) is 12.3. The molecule has 0 aliphatic carbocycles. The Balaban J connectivity index is 1.54. The Morgan fingerprint density at radius 3 is 2.32 bits per heavy atom. The van der Waals surface area contributed by atoms with Crippen LogP contribution in [-0.4, -0.2) is 47.1 Å². The number of amides is 2. The van der Waals surface area contributed by atoms with Crippen molar-refractivity contribution in [1.82, 2.24) is 19.8 Å². The summed E-state index contributed by atoms with van der Waals surface area (Å²) in [6.45, 7) is 5.50. The van der Waals surface area contributed by atoms with Gasteiger partial charge >= 0.3 is 5.97 Å². The number of hydrogen-bond acceptors (Lipinski definition) is 6. The maximum absolute atomic E-state index is 13.3. The Hall–Kier alpha value is -4.77. The third-order valence-corrected chi connectivity index (χ3v) is 8.63. The molecular weight excluding hydrogens is 580 g/mol. The predicted molar refractivity (Wildman–Crippen MR) is 167 cm³/mol. The van der Waals surface area contributed by atoms with Gasteiger partial charge in [-0.15, -0.1) is 0 Å². The highest BCUT2D eigenvalue weighted by Gasteiger charge is 2.22. The van der Waals surface area contributed by atoms with Gasteiger partial charge in [0, 0.05) is 24.2 Å². The lowest BCUT2D eigenvalue weighted by molar-refractivity contribution is -0.137. The second kappa shape index (κ2) is 14.1. The van der Waals surface area contributed by atoms with E-state index in [1.807, 2.05) is 55.0 Å². The molecular formula is C33H36N4O6S. The summed E-state index contributed by atoms with van der Waals surface area (Å²) in [4.78, 5) is 36.3. The van der Waals surface area contributed by atoms with Gasteiger partial charge in [-0.3, -0.25) is 19.1 Å². The van der Waals surface area contributed by atoms with Crippen molar-refractivity contribution in [2.24, 2.45) is 0 Å². The number of rotatable bonds is 13. The zero-order valence-electron chi connectivity index (χ0n) is 24.9. The van der Waals surface area contributed by atoms with Gasteiger partial charge in [0.05, 0.1) is 17.9 Å². The van der Waals surface area contributed by atoms with Crippen molar-refractivity contribution < 1.29 is 27.9 Å². The first kappa shape index (κ1) is 32.2. The number of carbonyl (C=O) groups excluding carboxylic acids is 2. The molecule has 11 heteroatoms. The summed E-state index contributed by atoms with van der Waals surface area (Å²) in [6, 6.07) is 22.6. The molecule has 0 saturated heterocycles. The Kier molecular flexibility index (Phi) is 10.3. The molecule has 0 radical (unpaired) electrons. The lowest BCUT2D eigenvalue weighted by Gasteiger charge is -2.17. The molecule has 10 nitrogen and oxygen atoms in total. The zero-order valence-corrected chi connectivity index (χ0v) is 25.7. The fourth-order valence-corrected chi connectivity index (χ4v) is 6.28. The molecule has 1 aromatic heterocycles. The monoisotopic (exact) mass is 616 g/mol. The van der Waals surface area contributed by atoms with Gasteiger partial charge in [-0.2, -0.15) is 5.10 Å². The summed E-state index contributed by atoms with van der Waals surface area (Å²) in [5.74, 6) is -2.11. The van der Waals surface area contributed by atoms with E-state index in [1.165, 1.54) is 6.07 Å². The summed E-state index contributed by atoms with van der Waals surface area (Å²) in [5.41, 5.74) is 5.06. The van der Waals surface area contributed by atoms with Crippen LogP contribution in [0.4, 0.5) is 0 Å². The van der Waals surface area contributed by atoms with Gasteiger partial charge in [-0.25, -0.2) is 13.1 Å². The van der Waals surface area contributed by atoms with Gasteiger partial charge in [0.25, 0.3) is 15.9 Å². The fraction of sp³-hybridized carbons (Fsp3) is 0.273. The molecule has 0 aliphatic heterocycles. The van der Waals surface area contributed by atoms with Crippen molar-refractivity contribution in [1.29, 1.82) is 0 Å². The molecule has 2 amide bonds. The zero-order chi connectivity index (χ0) is 31.9. The molecule has 0 spiro atoms. The minimum absolute atomic E-state index is 0.000426. The van der Waals surface area contributed by atoms with Crippen LogP contribution in [0.1, 0.15) is 59.6 Å². The Labute approximate surface area is 257 Å². The Bertz CT molecular complexity index is 1760. The van der Waals surface area contributed by atoms with Gasteiger partial charge < -0.3 is 10.4 Å². The first-order valence-electron chi connectivity index (χ1n) is 14.3. The summed E-state index contributed by atoms with van der Waals surface area (Å²) in [6.07, 6.45) is 1.69. The van der Waals surface area contributed by atoms with E-state index in [9.17, 15) is 27.9 Å². The van der Waals surface area contributed by atoms with Gasteiger partial charge in [0.2, 0.25) is 5.91 Å². The average Bonchev–Trinajstić information content (AvgIpc) is 3.36. The number of nitrogens with one attached hydrogen (secondary N) is 2. The maximum Gasteiger partial charge on any atom is 0.305 e. The molecule has 1 unspecified atom stereocenters. The standard InChI is InChI=1S/C33H36N4O6S/c1-4-9-28-20-30(33(41)34-27(19-32(39)40)18-26-11-6-5-10-22(26)2)35-37(28)21-24-14-16-25(17-15-24)29-12-7-8-13-31(29)44(42,43)36-23(3)38/h5-8,10-17,20,27H,4,9,18-19,21H2,1-3H3,(H,34,41)(H,36,38)(H,39,40). The number of sulfonamides is 1. The van der Waals surface area contributed by atoms with Gasteiger partial charge in [0.1, 0.15) is 5.69 Å². The van der Waals surface area contributed by atoms with E-state index in [0.717, 1.165) is 35.7 Å². The van der Waals surface area contributed by atoms with Crippen LogP contribution in [0.2, 0.25) is 0 Å². The summed E-state index contributed by atoms with van der Waals surface area (Å²) >= 11 is 0. The molecule has 0 saturated carbocycles. The van der Waals surface area contributed by atoms with Gasteiger partial charge in [-0.05, 0) is 54.2 Å². The van der Waals surface area contributed by atoms with E-state index < -0.39 is 33.8 Å². The number of carboxylic acid groups (broad SMARTS) is 1. The molecule has 1 heterocycles. The molecule has 0 aliphatic rings. The summed E-state index contributed by atoms with van der Waals surface area (Å²) < 4.78 is 29.2. The van der Waals surface area contributed by atoms with E-state index >= 15 is 0 Å². The number of aromatic nitrogens is 2. The van der Waals surface area contributed by atoms with Crippen molar-refractivity contribution in [3.8, 4) is 11.1 Å². The smallest absolute Gasteiger partial charge is 0.305 e. The first-order valence-corrected chi connectivity index (χ1v) is 15.8.